The molecule has 0 aromatic heterocycles. The molecular formula is C14H25AsSn. The average Bonchev–Trinajstić information content (AvgIpc) is 2.47. The van der Waals surface area contributed by atoms with Crippen molar-refractivity contribution in [3.63, 3.8) is 0 Å². The molecule has 1 aliphatic rings. The fourth-order valence-corrected chi connectivity index (χ4v) is 4.24. The molecule has 0 aliphatic heterocycles. The van der Waals surface area contributed by atoms with Crippen LogP contribution in [0.1, 0.15) is 38.1 Å². The van der Waals surface area contributed by atoms with Crippen molar-refractivity contribution in [1.82, 2.24) is 0 Å². The normalized spacial score (nSPS) is 15.1. The summed E-state index contributed by atoms with van der Waals surface area (Å²) in [4.78, 5) is 0. The van der Waals surface area contributed by atoms with Crippen LogP contribution < -0.4 is 0 Å². The molecule has 4 radical (unpaired) electrons. The van der Waals surface area contributed by atoms with Crippen molar-refractivity contribution in [3.8, 4) is 0 Å². The van der Waals surface area contributed by atoms with Crippen molar-refractivity contribution in [2.75, 3.05) is 0 Å². The molecule has 1 unspecified atom stereocenters. The molecule has 2 rings (SSSR count). The van der Waals surface area contributed by atoms with Gasteiger partial charge >= 0.3 is 78.3 Å². The van der Waals surface area contributed by atoms with Gasteiger partial charge in [0.2, 0.25) is 0 Å². The maximum atomic E-state index is 2.42. The van der Waals surface area contributed by atoms with E-state index in [2.05, 4.69) is 47.8 Å². The Morgan fingerprint density at radius 2 is 1.56 bits per heavy atom. The molecule has 0 nitrogen and oxygen atoms in total. The first-order valence-electron chi connectivity index (χ1n) is 4.22. The summed E-state index contributed by atoms with van der Waals surface area (Å²) >= 11 is -0.610. The van der Waals surface area contributed by atoms with E-state index < -0.39 is 14.7 Å². The summed E-state index contributed by atoms with van der Waals surface area (Å²) in [6.45, 7) is 0. The predicted molar refractivity (Wildman–Crippen MR) is 81.6 cm³/mol. The van der Waals surface area contributed by atoms with Gasteiger partial charge in [0, 0.05) is 23.9 Å². The van der Waals surface area contributed by atoms with Crippen LogP contribution in [0.5, 0.6) is 0 Å². The first-order valence-corrected chi connectivity index (χ1v) is 9.06. The van der Waals surface area contributed by atoms with E-state index in [0.29, 0.717) is 0 Å². The summed E-state index contributed by atoms with van der Waals surface area (Å²) in [6, 6.07) is 8.75. The van der Waals surface area contributed by atoms with Gasteiger partial charge in [-0.2, -0.15) is 0 Å². The molecule has 0 amide bonds. The molecule has 0 N–H and O–H groups in total. The molecule has 0 spiro atoms. The molecule has 0 fully saturated rings. The molecular weight excluding hydrogens is 362 g/mol. The van der Waals surface area contributed by atoms with Crippen molar-refractivity contribution in [1.29, 1.82) is 0 Å². The quantitative estimate of drug-likeness (QED) is 0.618. The molecule has 1 aliphatic carbocycles. The second kappa shape index (κ2) is 9.36. The maximum Gasteiger partial charge on any atom is 0 e. The Morgan fingerprint density at radius 1 is 1.00 bits per heavy atom. The van der Waals surface area contributed by atoms with Crippen molar-refractivity contribution in [3.05, 3.63) is 41.5 Å². The van der Waals surface area contributed by atoms with Crippen LogP contribution in [0.3, 0.4) is 0 Å². The van der Waals surface area contributed by atoms with Gasteiger partial charge in [-0.3, -0.25) is 0 Å². The largest absolute Gasteiger partial charge is 0 e. The Labute approximate surface area is 124 Å². The molecule has 1 aromatic rings. The maximum absolute atomic E-state index is 2.42. The monoisotopic (exact) mass is 388 g/mol. The number of rotatable bonds is 1. The van der Waals surface area contributed by atoms with Crippen molar-refractivity contribution in [2.24, 2.45) is 0 Å². The van der Waals surface area contributed by atoms with Crippen molar-refractivity contribution >= 4 is 44.6 Å². The zero-order chi connectivity index (χ0) is 8.55. The van der Waals surface area contributed by atoms with Gasteiger partial charge in [0.1, 0.15) is 0 Å². The first kappa shape index (κ1) is 21.6. The zero-order valence-electron chi connectivity index (χ0n) is 7.99. The molecule has 90 valence electrons. The van der Waals surface area contributed by atoms with Gasteiger partial charge in [0.15, 0.2) is 0 Å². The fraction of sp³-hybridized carbons (Fsp3) is 0.429. The minimum Gasteiger partial charge on any atom is 0 e. The topological polar surface area (TPSA) is 0 Å². The van der Waals surface area contributed by atoms with E-state index in [9.17, 15) is 0 Å². The number of hydrogen-bond acceptors (Lipinski definition) is 0. The molecule has 0 saturated heterocycles. The Hall–Kier alpha value is 0.317. The minimum atomic E-state index is -0.610. The molecule has 1 aromatic carbocycles. The first-order chi connectivity index (χ1) is 5.79. The molecule has 0 bridgehead atoms. The van der Waals surface area contributed by atoms with Crippen LogP contribution in [0.25, 0.3) is 6.08 Å². The third kappa shape index (κ3) is 4.29. The Bertz CT molecular complexity index is 318. The predicted octanol–water partition coefficient (Wildman–Crippen LogP) is 4.62. The Morgan fingerprint density at radius 3 is 2.12 bits per heavy atom. The van der Waals surface area contributed by atoms with E-state index in [-0.39, 0.29) is 46.2 Å². The van der Waals surface area contributed by atoms with Crippen LogP contribution in [0, 0.1) is 0 Å². The van der Waals surface area contributed by atoms with E-state index in [0.717, 1.165) is 4.71 Å². The van der Waals surface area contributed by atoms with Crippen LogP contribution in [-0.4, -0.2) is 38.6 Å². The van der Waals surface area contributed by atoms with Crippen LogP contribution in [0.15, 0.2) is 30.3 Å². The van der Waals surface area contributed by atoms with Gasteiger partial charge in [-0.25, -0.2) is 0 Å². The number of allylic oxidation sites excluding steroid dienone is 1. The zero-order valence-corrected chi connectivity index (χ0v) is 12.7. The third-order valence-corrected chi connectivity index (χ3v) is 5.61. The van der Waals surface area contributed by atoms with E-state index >= 15 is 0 Å². The Kier molecular flexibility index (Phi) is 12.6. The van der Waals surface area contributed by atoms with Crippen LogP contribution in [0.4, 0.5) is 0 Å². The second-order valence-corrected chi connectivity index (χ2v) is 8.61. The summed E-state index contributed by atoms with van der Waals surface area (Å²) in [5.41, 5.74) is 7.84. The number of hydrogen-bond donors (Lipinski definition) is 0. The smallest absolute Gasteiger partial charge is 0 e. The summed E-state index contributed by atoms with van der Waals surface area (Å²) < 4.78 is 0.786. The van der Waals surface area contributed by atoms with Gasteiger partial charge in [-0.05, 0) is 0 Å². The third-order valence-electron chi connectivity index (χ3n) is 2.33. The van der Waals surface area contributed by atoms with E-state index in [4.69, 9.17) is 0 Å². The van der Waals surface area contributed by atoms with Crippen LogP contribution in [0.2, 0.25) is 11.4 Å². The van der Waals surface area contributed by atoms with E-state index in [1.165, 1.54) is 5.56 Å². The van der Waals surface area contributed by atoms with Gasteiger partial charge in [-0.1, -0.05) is 22.3 Å². The van der Waals surface area contributed by atoms with Gasteiger partial charge in [0.05, 0.1) is 0 Å². The standard InChI is InChI=1S/C11H13As.3CH4.Sn/c1-12(2)11-8-7-9-5-3-4-6-10(9)11;;;;/h3-8,11H,1-2H3;3*1H4;. The van der Waals surface area contributed by atoms with E-state index in [1.807, 2.05) is 0 Å². The van der Waals surface area contributed by atoms with Gasteiger partial charge < -0.3 is 0 Å². The van der Waals surface area contributed by atoms with Gasteiger partial charge in [0.25, 0.3) is 0 Å². The SMILES string of the molecule is C.C.C.C[As](C)C1C=Cc2ccccc21.[Sn]. The van der Waals surface area contributed by atoms with Crippen molar-refractivity contribution < 1.29 is 0 Å². The summed E-state index contributed by atoms with van der Waals surface area (Å²) in [5.74, 6) is 0. The summed E-state index contributed by atoms with van der Waals surface area (Å²) in [5, 5.41) is 0. The Balaban J connectivity index is -0.000000422. The van der Waals surface area contributed by atoms with Crippen LogP contribution >= 0.6 is 0 Å². The van der Waals surface area contributed by atoms with Crippen LogP contribution in [-0.2, 0) is 0 Å². The average molecular weight is 387 g/mol. The summed E-state index contributed by atoms with van der Waals surface area (Å²) in [6.07, 6.45) is 4.65. The molecule has 16 heavy (non-hydrogen) atoms. The number of benzene rings is 1. The number of fused-ring (bicyclic) bond motifs is 1. The van der Waals surface area contributed by atoms with Gasteiger partial charge in [-0.15, -0.1) is 0 Å². The van der Waals surface area contributed by atoms with E-state index in [1.54, 1.807) is 5.56 Å². The van der Waals surface area contributed by atoms with Crippen molar-refractivity contribution in [2.45, 2.75) is 38.4 Å². The second-order valence-electron chi connectivity index (χ2n) is 3.40. The minimum absolute atomic E-state index is 0. The summed E-state index contributed by atoms with van der Waals surface area (Å²) in [7, 11) is 0. The molecule has 2 heteroatoms. The molecule has 0 heterocycles. The fourth-order valence-electron chi connectivity index (χ4n) is 1.68. The molecule has 0 saturated carbocycles. The molecule has 1 atom stereocenters.